The molecule has 2 saturated heterocycles. The van der Waals surface area contributed by atoms with Gasteiger partial charge in [0.25, 0.3) is 0 Å². The Kier molecular flexibility index (Phi) is 7.30. The summed E-state index contributed by atoms with van der Waals surface area (Å²) in [5.74, 6) is 0.267. The minimum Gasteiger partial charge on any atom is -0.337 e. The van der Waals surface area contributed by atoms with Crippen LogP contribution in [0, 0.1) is 0 Å². The molecule has 5 nitrogen and oxygen atoms in total. The van der Waals surface area contributed by atoms with Gasteiger partial charge in [-0.3, -0.25) is 9.59 Å². The first-order valence-electron chi connectivity index (χ1n) is 7.44. The van der Waals surface area contributed by atoms with E-state index in [2.05, 4.69) is 5.32 Å². The molecule has 116 valence electrons. The predicted octanol–water partition coefficient (Wildman–Crippen LogP) is 1.02. The third-order valence-corrected chi connectivity index (χ3v) is 4.13. The van der Waals surface area contributed by atoms with Crippen LogP contribution in [0.1, 0.15) is 38.5 Å². The van der Waals surface area contributed by atoms with Crippen molar-refractivity contribution in [3.8, 4) is 0 Å². The van der Waals surface area contributed by atoms with Crippen molar-refractivity contribution in [2.75, 3.05) is 33.2 Å². The molecule has 2 amide bonds. The molecular weight excluding hydrogens is 278 g/mol. The molecule has 0 spiro atoms. The first-order valence-corrected chi connectivity index (χ1v) is 7.44. The highest BCUT2D eigenvalue weighted by Gasteiger charge is 2.30. The third-order valence-electron chi connectivity index (χ3n) is 4.13. The van der Waals surface area contributed by atoms with Crippen LogP contribution in [-0.4, -0.2) is 60.9 Å². The Morgan fingerprint density at radius 1 is 1.25 bits per heavy atom. The highest BCUT2D eigenvalue weighted by molar-refractivity contribution is 5.85. The number of hydrogen-bond acceptors (Lipinski definition) is 3. The van der Waals surface area contributed by atoms with Crippen molar-refractivity contribution in [1.29, 1.82) is 0 Å². The number of likely N-dealkylation sites (N-methyl/N-ethyl adjacent to an activating group) is 1. The molecule has 0 aromatic heterocycles. The maximum Gasteiger partial charge on any atom is 0.242 e. The molecule has 0 radical (unpaired) electrons. The zero-order chi connectivity index (χ0) is 13.7. The smallest absolute Gasteiger partial charge is 0.242 e. The Balaban J connectivity index is 0.00000200. The maximum absolute atomic E-state index is 12.4. The van der Waals surface area contributed by atoms with Gasteiger partial charge >= 0.3 is 0 Å². The quantitative estimate of drug-likeness (QED) is 0.844. The summed E-state index contributed by atoms with van der Waals surface area (Å²) in [6.45, 7) is 2.71. The molecule has 0 aromatic carbocycles. The number of amides is 2. The number of hydrogen-bond donors (Lipinski definition) is 1. The summed E-state index contributed by atoms with van der Waals surface area (Å²) < 4.78 is 0. The second kappa shape index (κ2) is 8.47. The van der Waals surface area contributed by atoms with E-state index in [9.17, 15) is 9.59 Å². The average Bonchev–Trinajstić information content (AvgIpc) is 2.76. The Hall–Kier alpha value is -0.810. The summed E-state index contributed by atoms with van der Waals surface area (Å²) in [5.41, 5.74) is 0. The SMILES string of the molecule is CNCC1CCCN1C(=O)CN1CCCCCC1=O.Cl. The predicted molar refractivity (Wildman–Crippen MR) is 81.0 cm³/mol. The fourth-order valence-electron chi connectivity index (χ4n) is 3.07. The molecule has 2 fully saturated rings. The lowest BCUT2D eigenvalue weighted by Gasteiger charge is -2.28. The summed E-state index contributed by atoms with van der Waals surface area (Å²) in [6.07, 6.45) is 5.84. The van der Waals surface area contributed by atoms with Gasteiger partial charge in [0.2, 0.25) is 11.8 Å². The van der Waals surface area contributed by atoms with Crippen LogP contribution in [0.3, 0.4) is 0 Å². The first kappa shape index (κ1) is 17.2. The van der Waals surface area contributed by atoms with Crippen molar-refractivity contribution >= 4 is 24.2 Å². The van der Waals surface area contributed by atoms with Gasteiger partial charge in [-0.2, -0.15) is 0 Å². The summed E-state index contributed by atoms with van der Waals surface area (Å²) in [5, 5.41) is 3.14. The summed E-state index contributed by atoms with van der Waals surface area (Å²) >= 11 is 0. The van der Waals surface area contributed by atoms with E-state index in [1.54, 1.807) is 4.90 Å². The van der Waals surface area contributed by atoms with E-state index in [1.165, 1.54) is 0 Å². The van der Waals surface area contributed by atoms with Crippen LogP contribution in [-0.2, 0) is 9.59 Å². The van der Waals surface area contributed by atoms with Gasteiger partial charge < -0.3 is 15.1 Å². The molecule has 2 rings (SSSR count). The molecule has 0 aliphatic carbocycles. The summed E-state index contributed by atoms with van der Waals surface area (Å²) in [6, 6.07) is 0.305. The lowest BCUT2D eigenvalue weighted by atomic mass is 10.2. The number of carbonyl (C=O) groups excluding carboxylic acids is 2. The van der Waals surface area contributed by atoms with E-state index in [0.717, 1.165) is 51.7 Å². The molecule has 1 N–H and O–H groups in total. The number of carbonyl (C=O) groups is 2. The highest BCUT2D eigenvalue weighted by atomic mass is 35.5. The van der Waals surface area contributed by atoms with Crippen LogP contribution < -0.4 is 5.32 Å². The molecule has 6 heteroatoms. The Labute approximate surface area is 127 Å². The topological polar surface area (TPSA) is 52.7 Å². The molecule has 2 heterocycles. The van der Waals surface area contributed by atoms with Gasteiger partial charge in [0.05, 0.1) is 6.54 Å². The first-order chi connectivity index (χ1) is 9.22. The van der Waals surface area contributed by atoms with Gasteiger partial charge in [-0.15, -0.1) is 12.4 Å². The van der Waals surface area contributed by atoms with E-state index >= 15 is 0 Å². The fourth-order valence-corrected chi connectivity index (χ4v) is 3.07. The fraction of sp³-hybridized carbons (Fsp3) is 0.857. The molecule has 20 heavy (non-hydrogen) atoms. The Bertz CT molecular complexity index is 338. The zero-order valence-electron chi connectivity index (χ0n) is 12.3. The van der Waals surface area contributed by atoms with Crippen molar-refractivity contribution in [2.24, 2.45) is 0 Å². The number of likely N-dealkylation sites (tertiary alicyclic amines) is 2. The summed E-state index contributed by atoms with van der Waals surface area (Å²) in [4.78, 5) is 28.0. The van der Waals surface area contributed by atoms with Gasteiger partial charge in [0.1, 0.15) is 0 Å². The van der Waals surface area contributed by atoms with Gasteiger partial charge in [0, 0.05) is 32.1 Å². The number of nitrogens with one attached hydrogen (secondary N) is 1. The Morgan fingerprint density at radius 3 is 2.80 bits per heavy atom. The second-order valence-electron chi connectivity index (χ2n) is 5.57. The molecule has 0 bridgehead atoms. The molecule has 0 aromatic rings. The largest absolute Gasteiger partial charge is 0.337 e. The van der Waals surface area contributed by atoms with Gasteiger partial charge in [-0.1, -0.05) is 6.42 Å². The van der Waals surface area contributed by atoms with Crippen LogP contribution in [0.2, 0.25) is 0 Å². The normalized spacial score (nSPS) is 23.4. The molecule has 1 atom stereocenters. The van der Waals surface area contributed by atoms with E-state index in [-0.39, 0.29) is 30.8 Å². The van der Waals surface area contributed by atoms with Gasteiger partial charge in [-0.25, -0.2) is 0 Å². The number of nitrogens with zero attached hydrogens (tertiary/aromatic N) is 2. The van der Waals surface area contributed by atoms with Crippen LogP contribution in [0.15, 0.2) is 0 Å². The van der Waals surface area contributed by atoms with E-state index in [1.807, 2.05) is 11.9 Å². The zero-order valence-corrected chi connectivity index (χ0v) is 13.1. The van der Waals surface area contributed by atoms with E-state index in [0.29, 0.717) is 12.5 Å². The molecular formula is C14H26ClN3O2. The van der Waals surface area contributed by atoms with Crippen molar-refractivity contribution in [3.05, 3.63) is 0 Å². The minimum atomic E-state index is 0. The highest BCUT2D eigenvalue weighted by Crippen LogP contribution is 2.18. The molecule has 0 saturated carbocycles. The van der Waals surface area contributed by atoms with Crippen molar-refractivity contribution in [3.63, 3.8) is 0 Å². The maximum atomic E-state index is 12.4. The standard InChI is InChI=1S/C14H25N3O2.ClH/c1-15-10-12-6-5-9-17(12)14(19)11-16-8-4-2-3-7-13(16)18;/h12,15H,2-11H2,1H3;1H. The van der Waals surface area contributed by atoms with Crippen LogP contribution in [0.5, 0.6) is 0 Å². The van der Waals surface area contributed by atoms with Crippen LogP contribution in [0.4, 0.5) is 0 Å². The number of rotatable bonds is 4. The van der Waals surface area contributed by atoms with E-state index in [4.69, 9.17) is 0 Å². The average molecular weight is 304 g/mol. The van der Waals surface area contributed by atoms with Crippen molar-refractivity contribution in [1.82, 2.24) is 15.1 Å². The minimum absolute atomic E-state index is 0. The van der Waals surface area contributed by atoms with Crippen LogP contribution >= 0.6 is 12.4 Å². The van der Waals surface area contributed by atoms with E-state index < -0.39 is 0 Å². The molecule has 1 unspecified atom stereocenters. The lowest BCUT2D eigenvalue weighted by molar-refractivity contribution is -0.140. The monoisotopic (exact) mass is 303 g/mol. The molecule has 2 aliphatic heterocycles. The lowest BCUT2D eigenvalue weighted by Crippen LogP contribution is -2.46. The Morgan fingerprint density at radius 2 is 2.05 bits per heavy atom. The van der Waals surface area contributed by atoms with Crippen LogP contribution in [0.25, 0.3) is 0 Å². The second-order valence-corrected chi connectivity index (χ2v) is 5.57. The van der Waals surface area contributed by atoms with Crippen molar-refractivity contribution in [2.45, 2.75) is 44.6 Å². The molecule has 2 aliphatic rings. The van der Waals surface area contributed by atoms with Gasteiger partial charge in [-0.05, 0) is 32.7 Å². The van der Waals surface area contributed by atoms with Gasteiger partial charge in [0.15, 0.2) is 0 Å². The van der Waals surface area contributed by atoms with Crippen molar-refractivity contribution < 1.29 is 9.59 Å². The number of halogens is 1. The third kappa shape index (κ3) is 4.35. The summed E-state index contributed by atoms with van der Waals surface area (Å²) in [7, 11) is 1.92.